The first-order valence-electron chi connectivity index (χ1n) is 5.24. The summed E-state index contributed by atoms with van der Waals surface area (Å²) in [5, 5.41) is 4.36. The van der Waals surface area contributed by atoms with Gasteiger partial charge in [-0.1, -0.05) is 6.92 Å². The summed E-state index contributed by atoms with van der Waals surface area (Å²) in [6, 6.07) is 1.15. The predicted molar refractivity (Wildman–Crippen MR) is 61.2 cm³/mol. The molecule has 1 saturated carbocycles. The highest BCUT2D eigenvalue weighted by atomic mass is 32.2. The Hall–Kier alpha value is 0.270. The summed E-state index contributed by atoms with van der Waals surface area (Å²) in [4.78, 5) is 0. The van der Waals surface area contributed by atoms with Gasteiger partial charge in [0.05, 0.1) is 0 Å². The predicted octanol–water partition coefficient (Wildman–Crippen LogP) is 1.60. The molecule has 1 rings (SSSR count). The highest BCUT2D eigenvalue weighted by Gasteiger charge is 2.20. The van der Waals surface area contributed by atoms with Crippen LogP contribution < -0.4 is 11.1 Å². The van der Waals surface area contributed by atoms with Crippen LogP contribution >= 0.6 is 11.8 Å². The number of nitrogens with one attached hydrogen (secondary N) is 1. The van der Waals surface area contributed by atoms with Gasteiger partial charge in [0.1, 0.15) is 0 Å². The Labute approximate surface area is 86.0 Å². The number of hydrogen-bond donors (Lipinski definition) is 2. The maximum Gasteiger partial charge on any atom is 0.00823 e. The van der Waals surface area contributed by atoms with E-state index >= 15 is 0 Å². The molecule has 0 heterocycles. The van der Waals surface area contributed by atoms with Crippen molar-refractivity contribution in [3.63, 3.8) is 0 Å². The van der Waals surface area contributed by atoms with Gasteiger partial charge in [-0.05, 0) is 38.5 Å². The van der Waals surface area contributed by atoms with Crippen LogP contribution in [0, 0.1) is 0 Å². The minimum Gasteiger partial charge on any atom is -0.328 e. The van der Waals surface area contributed by atoms with Crippen molar-refractivity contribution in [1.82, 2.24) is 5.32 Å². The van der Waals surface area contributed by atoms with Crippen molar-refractivity contribution in [2.24, 2.45) is 5.73 Å². The van der Waals surface area contributed by atoms with Gasteiger partial charge >= 0.3 is 0 Å². The molecule has 3 unspecified atom stereocenters. The molecule has 0 aromatic rings. The Morgan fingerprint density at radius 3 is 2.85 bits per heavy atom. The third-order valence-electron chi connectivity index (χ3n) is 2.86. The van der Waals surface area contributed by atoms with Crippen molar-refractivity contribution in [2.45, 2.75) is 49.9 Å². The van der Waals surface area contributed by atoms with E-state index in [0.29, 0.717) is 12.1 Å². The van der Waals surface area contributed by atoms with Crippen molar-refractivity contribution in [3.8, 4) is 0 Å². The fourth-order valence-electron chi connectivity index (χ4n) is 1.81. The quantitative estimate of drug-likeness (QED) is 0.711. The lowest BCUT2D eigenvalue weighted by Crippen LogP contribution is -2.30. The fraction of sp³-hybridized carbons (Fsp3) is 1.00. The third-order valence-corrected chi connectivity index (χ3v) is 3.90. The lowest BCUT2D eigenvalue weighted by atomic mass is 10.2. The molecule has 13 heavy (non-hydrogen) atoms. The maximum atomic E-state index is 5.84. The SMILES string of the molecule is CSC(C)CCNC1CCC(N)C1. The van der Waals surface area contributed by atoms with Crippen LogP contribution in [0.3, 0.4) is 0 Å². The number of hydrogen-bond acceptors (Lipinski definition) is 3. The second-order valence-corrected chi connectivity index (χ2v) is 5.34. The summed E-state index contributed by atoms with van der Waals surface area (Å²) >= 11 is 1.94. The first-order chi connectivity index (χ1) is 6.22. The molecular formula is C10H22N2S. The molecule has 0 aliphatic heterocycles. The summed E-state index contributed by atoms with van der Waals surface area (Å²) in [5.41, 5.74) is 5.84. The van der Waals surface area contributed by atoms with Crippen molar-refractivity contribution in [3.05, 3.63) is 0 Å². The van der Waals surface area contributed by atoms with Crippen molar-refractivity contribution in [1.29, 1.82) is 0 Å². The van der Waals surface area contributed by atoms with Gasteiger partial charge in [0.2, 0.25) is 0 Å². The smallest absolute Gasteiger partial charge is 0.00823 e. The van der Waals surface area contributed by atoms with E-state index in [-0.39, 0.29) is 0 Å². The van der Waals surface area contributed by atoms with E-state index in [1.54, 1.807) is 0 Å². The van der Waals surface area contributed by atoms with Crippen LogP contribution in [0.2, 0.25) is 0 Å². The van der Waals surface area contributed by atoms with Crippen LogP contribution in [-0.4, -0.2) is 30.1 Å². The van der Waals surface area contributed by atoms with E-state index in [4.69, 9.17) is 5.73 Å². The molecule has 1 fully saturated rings. The van der Waals surface area contributed by atoms with Crippen LogP contribution in [0.4, 0.5) is 0 Å². The second-order valence-electron chi connectivity index (χ2n) is 4.06. The molecular weight excluding hydrogens is 180 g/mol. The Bertz CT molecular complexity index is 141. The van der Waals surface area contributed by atoms with Crippen molar-refractivity contribution < 1.29 is 0 Å². The van der Waals surface area contributed by atoms with Gasteiger partial charge in [-0.3, -0.25) is 0 Å². The van der Waals surface area contributed by atoms with Gasteiger partial charge in [0, 0.05) is 17.3 Å². The van der Waals surface area contributed by atoms with Crippen LogP contribution in [-0.2, 0) is 0 Å². The van der Waals surface area contributed by atoms with Gasteiger partial charge in [-0.2, -0.15) is 11.8 Å². The molecule has 1 aliphatic rings. The Morgan fingerprint density at radius 2 is 2.31 bits per heavy atom. The zero-order valence-corrected chi connectivity index (χ0v) is 9.57. The van der Waals surface area contributed by atoms with E-state index in [1.807, 2.05) is 11.8 Å². The third kappa shape index (κ3) is 4.34. The first kappa shape index (κ1) is 11.3. The Morgan fingerprint density at radius 1 is 1.54 bits per heavy atom. The van der Waals surface area contributed by atoms with Crippen LogP contribution in [0.25, 0.3) is 0 Å². The van der Waals surface area contributed by atoms with E-state index in [0.717, 1.165) is 11.8 Å². The van der Waals surface area contributed by atoms with Gasteiger partial charge < -0.3 is 11.1 Å². The first-order valence-corrected chi connectivity index (χ1v) is 6.53. The van der Waals surface area contributed by atoms with Gasteiger partial charge in [-0.25, -0.2) is 0 Å². The molecule has 0 bridgehead atoms. The summed E-state index contributed by atoms with van der Waals surface area (Å²) in [6.07, 6.45) is 7.10. The number of thioether (sulfide) groups is 1. The molecule has 1 aliphatic carbocycles. The summed E-state index contributed by atoms with van der Waals surface area (Å²) in [5.74, 6) is 0. The van der Waals surface area contributed by atoms with Crippen molar-refractivity contribution in [2.75, 3.05) is 12.8 Å². The molecule has 0 saturated heterocycles. The molecule has 0 aromatic carbocycles. The summed E-state index contributed by atoms with van der Waals surface area (Å²) in [6.45, 7) is 3.44. The van der Waals surface area contributed by atoms with Crippen molar-refractivity contribution >= 4 is 11.8 Å². The molecule has 0 radical (unpaired) electrons. The van der Waals surface area contributed by atoms with E-state index in [9.17, 15) is 0 Å². The van der Waals surface area contributed by atoms with Gasteiger partial charge in [-0.15, -0.1) is 0 Å². The van der Waals surface area contributed by atoms with Crippen LogP contribution in [0.1, 0.15) is 32.6 Å². The van der Waals surface area contributed by atoms with E-state index in [2.05, 4.69) is 18.5 Å². The zero-order chi connectivity index (χ0) is 9.68. The molecule has 78 valence electrons. The second kappa shape index (κ2) is 5.89. The Balaban J connectivity index is 2.00. The highest BCUT2D eigenvalue weighted by molar-refractivity contribution is 7.99. The van der Waals surface area contributed by atoms with Crippen LogP contribution in [0.5, 0.6) is 0 Å². The largest absolute Gasteiger partial charge is 0.328 e. The monoisotopic (exact) mass is 202 g/mol. The lowest BCUT2D eigenvalue weighted by molar-refractivity contribution is 0.508. The standard InChI is InChI=1S/C10H22N2S/c1-8(13-2)5-6-12-10-4-3-9(11)7-10/h8-10,12H,3-7,11H2,1-2H3. The minimum absolute atomic E-state index is 0.454. The van der Waals surface area contributed by atoms with Gasteiger partial charge in [0.15, 0.2) is 0 Å². The molecule has 2 nitrogen and oxygen atoms in total. The molecule has 0 spiro atoms. The lowest BCUT2D eigenvalue weighted by Gasteiger charge is -2.14. The topological polar surface area (TPSA) is 38.0 Å². The molecule has 0 amide bonds. The normalized spacial score (nSPS) is 30.7. The van der Waals surface area contributed by atoms with E-state index in [1.165, 1.54) is 25.7 Å². The number of rotatable bonds is 5. The highest BCUT2D eigenvalue weighted by Crippen LogP contribution is 2.17. The molecule has 3 heteroatoms. The van der Waals surface area contributed by atoms with Gasteiger partial charge in [0.25, 0.3) is 0 Å². The molecule has 3 N–H and O–H groups in total. The minimum atomic E-state index is 0.454. The zero-order valence-electron chi connectivity index (χ0n) is 8.75. The summed E-state index contributed by atoms with van der Waals surface area (Å²) < 4.78 is 0. The van der Waals surface area contributed by atoms with E-state index < -0.39 is 0 Å². The molecule has 0 aromatic heterocycles. The number of nitrogens with two attached hydrogens (primary N) is 1. The molecule has 3 atom stereocenters. The average Bonchev–Trinajstić information content (AvgIpc) is 2.51. The Kier molecular flexibility index (Phi) is 5.14. The van der Waals surface area contributed by atoms with Crippen LogP contribution in [0.15, 0.2) is 0 Å². The summed E-state index contributed by atoms with van der Waals surface area (Å²) in [7, 11) is 0. The maximum absolute atomic E-state index is 5.84. The average molecular weight is 202 g/mol. The fourth-order valence-corrected chi connectivity index (χ4v) is 2.16.